The van der Waals surface area contributed by atoms with Crippen molar-refractivity contribution < 1.29 is 19.4 Å². The molecule has 0 bridgehead atoms. The highest BCUT2D eigenvalue weighted by Gasteiger charge is 2.24. The number of carbonyl (C=O) groups excluding carboxylic acids is 1. The van der Waals surface area contributed by atoms with Crippen molar-refractivity contribution in [3.8, 4) is 5.75 Å². The smallest absolute Gasteiger partial charge is 0.338 e. The van der Waals surface area contributed by atoms with E-state index < -0.39 is 5.97 Å². The van der Waals surface area contributed by atoms with Gasteiger partial charge in [0.1, 0.15) is 5.75 Å². The number of aromatic nitrogens is 1. The molecule has 0 unspecified atom stereocenters. The molecular formula is C18H14BrNO4. The van der Waals surface area contributed by atoms with Crippen molar-refractivity contribution in [1.29, 1.82) is 0 Å². The highest BCUT2D eigenvalue weighted by molar-refractivity contribution is 9.10. The van der Waals surface area contributed by atoms with Crippen LogP contribution in [0.2, 0.25) is 0 Å². The van der Waals surface area contributed by atoms with Gasteiger partial charge < -0.3 is 9.84 Å². The Morgan fingerprint density at radius 3 is 2.54 bits per heavy atom. The van der Waals surface area contributed by atoms with E-state index in [2.05, 4.69) is 15.9 Å². The fourth-order valence-corrected chi connectivity index (χ4v) is 3.23. The number of fused-ring (bicyclic) bond motifs is 1. The first kappa shape index (κ1) is 16.3. The van der Waals surface area contributed by atoms with Crippen LogP contribution in [0.3, 0.4) is 0 Å². The van der Waals surface area contributed by atoms with Gasteiger partial charge in [0.05, 0.1) is 23.8 Å². The molecule has 5 nitrogen and oxygen atoms in total. The summed E-state index contributed by atoms with van der Waals surface area (Å²) in [5.41, 5.74) is 1.43. The van der Waals surface area contributed by atoms with Gasteiger partial charge in [-0.2, -0.15) is 0 Å². The standard InChI is InChI=1S/C18H14BrNO4/c1-10-16(18(22)23)12-5-3-4-6-14(12)20(10)17(21)13-9-11(19)7-8-15(13)24-2/h3-9H,1-2H3,(H,22,23). The molecule has 3 aromatic rings. The third kappa shape index (κ3) is 2.49. The summed E-state index contributed by atoms with van der Waals surface area (Å²) in [7, 11) is 1.49. The average molecular weight is 388 g/mol. The third-order valence-corrected chi connectivity index (χ3v) is 4.41. The van der Waals surface area contributed by atoms with Gasteiger partial charge in [0.2, 0.25) is 0 Å². The SMILES string of the molecule is COc1ccc(Br)cc1C(=O)n1c(C)c(C(=O)O)c2ccccc21. The van der Waals surface area contributed by atoms with E-state index >= 15 is 0 Å². The lowest BCUT2D eigenvalue weighted by atomic mass is 10.1. The normalized spacial score (nSPS) is 10.8. The van der Waals surface area contributed by atoms with Crippen LogP contribution in [0.25, 0.3) is 10.9 Å². The van der Waals surface area contributed by atoms with Crippen LogP contribution in [-0.4, -0.2) is 28.7 Å². The van der Waals surface area contributed by atoms with Crippen LogP contribution in [0.5, 0.6) is 5.75 Å². The molecule has 0 atom stereocenters. The van der Waals surface area contributed by atoms with E-state index in [1.54, 1.807) is 49.4 Å². The molecule has 0 radical (unpaired) electrons. The van der Waals surface area contributed by atoms with Gasteiger partial charge in [0, 0.05) is 15.6 Å². The number of halogens is 1. The molecule has 0 spiro atoms. The average Bonchev–Trinajstić information content (AvgIpc) is 2.86. The van der Waals surface area contributed by atoms with Crippen molar-refractivity contribution in [2.24, 2.45) is 0 Å². The van der Waals surface area contributed by atoms with E-state index in [4.69, 9.17) is 4.74 Å². The minimum Gasteiger partial charge on any atom is -0.496 e. The van der Waals surface area contributed by atoms with Crippen LogP contribution in [0.4, 0.5) is 0 Å². The zero-order valence-corrected chi connectivity index (χ0v) is 14.6. The Balaban J connectivity index is 2.31. The van der Waals surface area contributed by atoms with Gasteiger partial charge >= 0.3 is 5.97 Å². The molecule has 1 heterocycles. The minimum atomic E-state index is -1.06. The lowest BCUT2D eigenvalue weighted by Gasteiger charge is -2.11. The monoisotopic (exact) mass is 387 g/mol. The van der Waals surface area contributed by atoms with Gasteiger partial charge in [-0.05, 0) is 31.2 Å². The predicted molar refractivity (Wildman–Crippen MR) is 94.1 cm³/mol. The summed E-state index contributed by atoms with van der Waals surface area (Å²) in [5, 5.41) is 10.0. The number of para-hydroxylation sites is 1. The zero-order valence-electron chi connectivity index (χ0n) is 13.0. The van der Waals surface area contributed by atoms with Crippen molar-refractivity contribution in [3.63, 3.8) is 0 Å². The Morgan fingerprint density at radius 2 is 1.88 bits per heavy atom. The number of rotatable bonds is 3. The number of carboxylic acids is 1. The number of aromatic carboxylic acids is 1. The maximum Gasteiger partial charge on any atom is 0.338 e. The van der Waals surface area contributed by atoms with Crippen LogP contribution >= 0.6 is 15.9 Å². The van der Waals surface area contributed by atoms with Crippen molar-refractivity contribution in [2.45, 2.75) is 6.92 Å². The molecule has 0 saturated carbocycles. The zero-order chi connectivity index (χ0) is 17.4. The second-order valence-corrected chi connectivity index (χ2v) is 6.18. The number of methoxy groups -OCH3 is 1. The Morgan fingerprint density at radius 1 is 1.17 bits per heavy atom. The number of hydrogen-bond donors (Lipinski definition) is 1. The molecule has 0 amide bonds. The molecule has 0 aliphatic rings. The van der Waals surface area contributed by atoms with Crippen molar-refractivity contribution in [2.75, 3.05) is 7.11 Å². The van der Waals surface area contributed by atoms with Crippen LogP contribution in [0, 0.1) is 6.92 Å². The van der Waals surface area contributed by atoms with Crippen LogP contribution < -0.4 is 4.74 Å². The number of carboxylic acid groups (broad SMARTS) is 1. The molecule has 3 rings (SSSR count). The van der Waals surface area contributed by atoms with E-state index in [9.17, 15) is 14.7 Å². The van der Waals surface area contributed by atoms with Gasteiger partial charge in [-0.25, -0.2) is 4.79 Å². The molecule has 122 valence electrons. The number of nitrogens with zero attached hydrogens (tertiary/aromatic N) is 1. The molecule has 0 aliphatic heterocycles. The summed E-state index contributed by atoms with van der Waals surface area (Å²) in [6, 6.07) is 12.1. The largest absolute Gasteiger partial charge is 0.496 e. The molecule has 24 heavy (non-hydrogen) atoms. The second-order valence-electron chi connectivity index (χ2n) is 5.27. The molecule has 6 heteroatoms. The Hall–Kier alpha value is -2.60. The third-order valence-electron chi connectivity index (χ3n) is 3.92. The van der Waals surface area contributed by atoms with Crippen molar-refractivity contribution >= 4 is 38.7 Å². The molecule has 0 fully saturated rings. The molecule has 0 aliphatic carbocycles. The number of ether oxygens (including phenoxy) is 1. The summed E-state index contributed by atoms with van der Waals surface area (Å²) in [4.78, 5) is 24.7. The van der Waals surface area contributed by atoms with Crippen molar-refractivity contribution in [3.05, 3.63) is 63.8 Å². The lowest BCUT2D eigenvalue weighted by Crippen LogP contribution is -2.15. The molecule has 0 saturated heterocycles. The van der Waals surface area contributed by atoms with Crippen LogP contribution in [0.1, 0.15) is 26.4 Å². The molecule has 1 N–H and O–H groups in total. The first-order chi connectivity index (χ1) is 11.5. The fraction of sp³-hybridized carbons (Fsp3) is 0.111. The topological polar surface area (TPSA) is 68.5 Å². The number of benzene rings is 2. The summed E-state index contributed by atoms with van der Waals surface area (Å²) in [6.07, 6.45) is 0. The van der Waals surface area contributed by atoms with Gasteiger partial charge in [-0.3, -0.25) is 9.36 Å². The molecule has 2 aromatic carbocycles. The lowest BCUT2D eigenvalue weighted by molar-refractivity contribution is 0.0698. The summed E-state index contributed by atoms with van der Waals surface area (Å²) >= 11 is 3.35. The van der Waals surface area contributed by atoms with Gasteiger partial charge in [0.25, 0.3) is 5.91 Å². The van der Waals surface area contributed by atoms with Gasteiger partial charge in [0.15, 0.2) is 0 Å². The first-order valence-corrected chi connectivity index (χ1v) is 7.96. The van der Waals surface area contributed by atoms with E-state index in [1.165, 1.54) is 11.7 Å². The molecular weight excluding hydrogens is 374 g/mol. The summed E-state index contributed by atoms with van der Waals surface area (Å²) in [6.45, 7) is 1.63. The Kier molecular flexibility index (Phi) is 4.15. The summed E-state index contributed by atoms with van der Waals surface area (Å²) < 4.78 is 7.43. The first-order valence-electron chi connectivity index (χ1n) is 7.17. The van der Waals surface area contributed by atoms with Gasteiger partial charge in [-0.15, -0.1) is 0 Å². The van der Waals surface area contributed by atoms with Crippen LogP contribution in [-0.2, 0) is 0 Å². The van der Waals surface area contributed by atoms with Crippen LogP contribution in [0.15, 0.2) is 46.9 Å². The molecule has 1 aromatic heterocycles. The fourth-order valence-electron chi connectivity index (χ4n) is 2.87. The van der Waals surface area contributed by atoms with E-state index in [0.717, 1.165) is 4.47 Å². The second kappa shape index (κ2) is 6.13. The number of carbonyl (C=O) groups is 2. The van der Waals surface area contributed by atoms with E-state index in [1.807, 2.05) is 0 Å². The summed E-state index contributed by atoms with van der Waals surface area (Å²) in [5.74, 6) is -0.969. The highest BCUT2D eigenvalue weighted by atomic mass is 79.9. The predicted octanol–water partition coefficient (Wildman–Crippen LogP) is 4.11. The Bertz CT molecular complexity index is 975. The quantitative estimate of drug-likeness (QED) is 0.734. The van der Waals surface area contributed by atoms with Crippen molar-refractivity contribution in [1.82, 2.24) is 4.57 Å². The Labute approximate surface area is 146 Å². The highest BCUT2D eigenvalue weighted by Crippen LogP contribution is 2.30. The maximum absolute atomic E-state index is 13.1. The minimum absolute atomic E-state index is 0.132. The van der Waals surface area contributed by atoms with Gasteiger partial charge in [-0.1, -0.05) is 34.1 Å². The maximum atomic E-state index is 13.1. The number of hydrogen-bond acceptors (Lipinski definition) is 3. The van der Waals surface area contributed by atoms with E-state index in [-0.39, 0.29) is 11.5 Å². The van der Waals surface area contributed by atoms with E-state index in [0.29, 0.717) is 27.9 Å².